The molecule has 0 bridgehead atoms. The summed E-state index contributed by atoms with van der Waals surface area (Å²) in [5.74, 6) is -4.15. The summed E-state index contributed by atoms with van der Waals surface area (Å²) in [5.41, 5.74) is 11.5. The number of rotatable bonds is 8. The van der Waals surface area contributed by atoms with Crippen molar-refractivity contribution >= 4 is 17.7 Å². The lowest BCUT2D eigenvalue weighted by Crippen LogP contribution is -2.51. The predicted molar refractivity (Wildman–Crippen MR) is 98.0 cm³/mol. The molecule has 0 aromatic heterocycles. The molecule has 11 heteroatoms. The fourth-order valence-corrected chi connectivity index (χ4v) is 3.06. The predicted octanol–water partition coefficient (Wildman–Crippen LogP) is 1.42. The maximum absolute atomic E-state index is 12.6. The van der Waals surface area contributed by atoms with E-state index in [2.05, 4.69) is 4.84 Å². The zero-order valence-corrected chi connectivity index (χ0v) is 16.1. The summed E-state index contributed by atoms with van der Waals surface area (Å²) >= 11 is 0. The Labute approximate surface area is 171 Å². The first-order chi connectivity index (χ1) is 14.1. The molecular formula is C19H24F3N3O5. The second-order valence-corrected chi connectivity index (χ2v) is 7.02. The summed E-state index contributed by atoms with van der Waals surface area (Å²) < 4.78 is 42.9. The number of hydrogen-bond donors (Lipinski definition) is 2. The molecular weight excluding hydrogens is 407 g/mol. The summed E-state index contributed by atoms with van der Waals surface area (Å²) in [6.45, 7) is -0.337. The van der Waals surface area contributed by atoms with Crippen molar-refractivity contribution in [1.82, 2.24) is 5.06 Å². The molecule has 1 aromatic carbocycles. The van der Waals surface area contributed by atoms with Crippen molar-refractivity contribution in [1.29, 1.82) is 0 Å². The minimum atomic E-state index is -5.22. The van der Waals surface area contributed by atoms with Crippen molar-refractivity contribution in [2.45, 2.75) is 50.7 Å². The third kappa shape index (κ3) is 7.08. The number of nitrogens with two attached hydrogens (primary N) is 2. The van der Waals surface area contributed by atoms with E-state index in [1.165, 1.54) is 0 Å². The average molecular weight is 431 g/mol. The van der Waals surface area contributed by atoms with Gasteiger partial charge in [-0.15, -0.1) is 5.06 Å². The van der Waals surface area contributed by atoms with Gasteiger partial charge in [-0.25, -0.2) is 4.79 Å². The number of Topliss-reactive ketones (excluding diaryl/α,β-unsaturated/α-hetero) is 1. The van der Waals surface area contributed by atoms with Crippen molar-refractivity contribution in [3.05, 3.63) is 35.9 Å². The fourth-order valence-electron chi connectivity index (χ4n) is 3.06. The van der Waals surface area contributed by atoms with Crippen molar-refractivity contribution in [2.24, 2.45) is 17.4 Å². The number of ketones is 1. The summed E-state index contributed by atoms with van der Waals surface area (Å²) in [5, 5.41) is 0.640. The van der Waals surface area contributed by atoms with E-state index in [0.29, 0.717) is 10.6 Å². The van der Waals surface area contributed by atoms with Gasteiger partial charge in [0.05, 0.1) is 6.17 Å². The molecule has 0 amide bonds. The van der Waals surface area contributed by atoms with E-state index in [1.54, 1.807) is 30.3 Å². The second kappa shape index (κ2) is 10.5. The number of piperidine rings is 1. The van der Waals surface area contributed by atoms with Crippen LogP contribution in [0.15, 0.2) is 30.3 Å². The molecule has 4 N–H and O–H groups in total. The Hall–Kier alpha value is -2.50. The van der Waals surface area contributed by atoms with Crippen LogP contribution in [0.4, 0.5) is 13.2 Å². The molecule has 1 saturated heterocycles. The van der Waals surface area contributed by atoms with Crippen LogP contribution in [0, 0.1) is 5.92 Å². The number of carbonyl (C=O) groups excluding carboxylic acids is 3. The van der Waals surface area contributed by atoms with E-state index in [-0.39, 0.29) is 44.6 Å². The van der Waals surface area contributed by atoms with Gasteiger partial charge in [-0.1, -0.05) is 30.3 Å². The van der Waals surface area contributed by atoms with Crippen LogP contribution >= 0.6 is 0 Å². The first-order valence-electron chi connectivity index (χ1n) is 9.38. The number of hydroxylamine groups is 2. The molecule has 166 valence electrons. The monoisotopic (exact) mass is 431 g/mol. The van der Waals surface area contributed by atoms with Gasteiger partial charge >= 0.3 is 18.1 Å². The third-order valence-electron chi connectivity index (χ3n) is 4.66. The average Bonchev–Trinajstić information content (AvgIpc) is 2.70. The van der Waals surface area contributed by atoms with Gasteiger partial charge in [0, 0.05) is 18.9 Å². The number of halogens is 3. The zero-order valence-electron chi connectivity index (χ0n) is 16.1. The molecule has 1 aromatic rings. The number of benzene rings is 1. The largest absolute Gasteiger partial charge is 0.492 e. The Morgan fingerprint density at radius 3 is 2.43 bits per heavy atom. The van der Waals surface area contributed by atoms with Gasteiger partial charge < -0.3 is 21.0 Å². The van der Waals surface area contributed by atoms with E-state index < -0.39 is 36.2 Å². The molecule has 0 aliphatic carbocycles. The van der Waals surface area contributed by atoms with Gasteiger partial charge in [-0.3, -0.25) is 9.59 Å². The number of alkyl halides is 3. The second-order valence-electron chi connectivity index (χ2n) is 7.02. The molecule has 0 spiro atoms. The fraction of sp³-hybridized carbons (Fsp3) is 0.526. The highest BCUT2D eigenvalue weighted by atomic mass is 19.4. The van der Waals surface area contributed by atoms with Gasteiger partial charge in [0.25, 0.3) is 0 Å². The molecule has 30 heavy (non-hydrogen) atoms. The van der Waals surface area contributed by atoms with Gasteiger partial charge in [0.1, 0.15) is 18.4 Å². The van der Waals surface area contributed by atoms with Crippen LogP contribution < -0.4 is 11.5 Å². The van der Waals surface area contributed by atoms with Crippen LogP contribution in [-0.2, 0) is 30.6 Å². The SMILES string of the molecule is NC(N)CCC(=O)C1CCN(OC(=O)C(F)(F)F)[C@H](C(=O)OCc2ccccc2)C1. The third-order valence-corrected chi connectivity index (χ3v) is 4.66. The molecule has 1 fully saturated rings. The van der Waals surface area contributed by atoms with E-state index in [4.69, 9.17) is 16.2 Å². The van der Waals surface area contributed by atoms with Crippen molar-refractivity contribution in [2.75, 3.05) is 6.54 Å². The van der Waals surface area contributed by atoms with Crippen LogP contribution in [0.25, 0.3) is 0 Å². The molecule has 1 unspecified atom stereocenters. The number of hydrogen-bond acceptors (Lipinski definition) is 8. The minimum absolute atomic E-state index is 0.0798. The Kier molecular flexibility index (Phi) is 8.33. The van der Waals surface area contributed by atoms with Crippen LogP contribution in [0.3, 0.4) is 0 Å². The highest BCUT2D eigenvalue weighted by molar-refractivity contribution is 5.83. The molecule has 8 nitrogen and oxygen atoms in total. The van der Waals surface area contributed by atoms with E-state index in [0.717, 1.165) is 0 Å². The summed E-state index contributed by atoms with van der Waals surface area (Å²) in [6, 6.07) is 7.31. The summed E-state index contributed by atoms with van der Waals surface area (Å²) in [4.78, 5) is 40.6. The van der Waals surface area contributed by atoms with Crippen molar-refractivity contribution in [3.63, 3.8) is 0 Å². The Morgan fingerprint density at radius 1 is 1.17 bits per heavy atom. The van der Waals surface area contributed by atoms with E-state index >= 15 is 0 Å². The highest BCUT2D eigenvalue weighted by Crippen LogP contribution is 2.28. The molecule has 0 saturated carbocycles. The lowest BCUT2D eigenvalue weighted by atomic mass is 9.86. The number of ether oxygens (including phenoxy) is 1. The minimum Gasteiger partial charge on any atom is -0.460 e. The van der Waals surface area contributed by atoms with Gasteiger partial charge in [-0.05, 0) is 24.8 Å². The Morgan fingerprint density at radius 2 is 1.83 bits per heavy atom. The standard InChI is InChI=1S/C19H24F3N3O5/c20-19(21,22)18(28)30-25-9-8-13(15(26)6-7-16(23)24)10-14(25)17(27)29-11-12-4-2-1-3-5-12/h1-5,13-14,16H,6-11,23-24H2/t13?,14-/m0/s1. The lowest BCUT2D eigenvalue weighted by molar-refractivity contribution is -0.252. The molecule has 0 radical (unpaired) electrons. The smallest absolute Gasteiger partial charge is 0.460 e. The van der Waals surface area contributed by atoms with Crippen LogP contribution in [0.5, 0.6) is 0 Å². The quantitative estimate of drug-likeness (QED) is 0.468. The van der Waals surface area contributed by atoms with E-state index in [9.17, 15) is 27.6 Å². The number of carbonyl (C=O) groups is 3. The molecule has 2 atom stereocenters. The lowest BCUT2D eigenvalue weighted by Gasteiger charge is -2.35. The van der Waals surface area contributed by atoms with Crippen molar-refractivity contribution < 1.29 is 37.1 Å². The Balaban J connectivity index is 2.07. The number of esters is 1. The Bertz CT molecular complexity index is 743. The van der Waals surface area contributed by atoms with Crippen LogP contribution in [0.2, 0.25) is 0 Å². The molecule has 2 rings (SSSR count). The molecule has 1 aliphatic rings. The zero-order chi connectivity index (χ0) is 22.3. The van der Waals surface area contributed by atoms with Gasteiger partial charge in [-0.2, -0.15) is 13.2 Å². The van der Waals surface area contributed by atoms with Gasteiger partial charge in [0.15, 0.2) is 0 Å². The van der Waals surface area contributed by atoms with E-state index in [1.807, 2.05) is 0 Å². The highest BCUT2D eigenvalue weighted by Gasteiger charge is 2.46. The first-order valence-corrected chi connectivity index (χ1v) is 9.38. The van der Waals surface area contributed by atoms with Crippen LogP contribution in [-0.4, -0.2) is 47.7 Å². The summed E-state index contributed by atoms with van der Waals surface area (Å²) in [6.07, 6.45) is -5.60. The summed E-state index contributed by atoms with van der Waals surface area (Å²) in [7, 11) is 0. The molecule has 1 aliphatic heterocycles. The molecule has 1 heterocycles. The first kappa shape index (κ1) is 23.8. The maximum Gasteiger partial charge on any atom is 0.492 e. The number of nitrogens with zero attached hydrogens (tertiary/aromatic N) is 1. The van der Waals surface area contributed by atoms with Crippen molar-refractivity contribution in [3.8, 4) is 0 Å². The topological polar surface area (TPSA) is 125 Å². The maximum atomic E-state index is 12.6. The van der Waals surface area contributed by atoms with Gasteiger partial charge in [0.2, 0.25) is 0 Å². The normalized spacial score (nSPS) is 20.1. The van der Waals surface area contributed by atoms with Crippen LogP contribution in [0.1, 0.15) is 31.2 Å².